The van der Waals surface area contributed by atoms with Crippen LogP contribution in [0.1, 0.15) is 36.8 Å². The lowest BCUT2D eigenvalue weighted by atomic mass is 9.92. The fraction of sp³-hybridized carbons (Fsp3) is 0.529. The summed E-state index contributed by atoms with van der Waals surface area (Å²) in [6.07, 6.45) is 2.83. The van der Waals surface area contributed by atoms with Crippen LogP contribution in [-0.2, 0) is 11.2 Å². The Kier molecular flexibility index (Phi) is 3.74. The molecular weight excluding hydrogens is 280 g/mol. The van der Waals surface area contributed by atoms with E-state index in [2.05, 4.69) is 24.3 Å². The minimum absolute atomic E-state index is 0.0768. The number of amides is 1. The third-order valence-corrected chi connectivity index (χ3v) is 5.29. The van der Waals surface area contributed by atoms with Crippen molar-refractivity contribution in [2.75, 3.05) is 7.05 Å². The van der Waals surface area contributed by atoms with Gasteiger partial charge in [0.15, 0.2) is 0 Å². The molecule has 0 bridgehead atoms. The summed E-state index contributed by atoms with van der Waals surface area (Å²) in [5.74, 6) is 1.38. The number of benzene rings is 1. The molecule has 3 nitrogen and oxygen atoms in total. The van der Waals surface area contributed by atoms with Gasteiger partial charge < -0.3 is 10.6 Å². The van der Waals surface area contributed by atoms with Gasteiger partial charge in [0.2, 0.25) is 5.91 Å². The second kappa shape index (κ2) is 5.41. The molecule has 112 valence electrons. The standard InChI is InChI=1S/C17H22N2OS/c1-10(9-14(18)21)19(2)17(20)16-13-8-7-11-5-3-4-6-12(11)15(13)16/h3-6,10,13,15-16H,7-9H2,1-2H3,(H2,18,21). The van der Waals surface area contributed by atoms with Gasteiger partial charge in [0.25, 0.3) is 0 Å². The Hall–Kier alpha value is -1.42. The molecule has 1 fully saturated rings. The first kappa shape index (κ1) is 14.5. The number of carbonyl (C=O) groups excluding carboxylic acids is 1. The summed E-state index contributed by atoms with van der Waals surface area (Å²) in [6.45, 7) is 2.01. The van der Waals surface area contributed by atoms with Crippen LogP contribution in [0.25, 0.3) is 0 Å². The summed E-state index contributed by atoms with van der Waals surface area (Å²) in [4.78, 5) is 15.1. The number of hydrogen-bond acceptors (Lipinski definition) is 2. The molecule has 21 heavy (non-hydrogen) atoms. The molecule has 4 unspecified atom stereocenters. The third-order valence-electron chi connectivity index (χ3n) is 5.12. The quantitative estimate of drug-likeness (QED) is 0.869. The zero-order chi connectivity index (χ0) is 15.1. The highest BCUT2D eigenvalue weighted by molar-refractivity contribution is 7.80. The van der Waals surface area contributed by atoms with Gasteiger partial charge in [0.1, 0.15) is 0 Å². The smallest absolute Gasteiger partial charge is 0.226 e. The third kappa shape index (κ3) is 2.57. The van der Waals surface area contributed by atoms with Gasteiger partial charge in [0, 0.05) is 25.4 Å². The summed E-state index contributed by atoms with van der Waals surface area (Å²) in [6, 6.07) is 8.64. The lowest BCUT2D eigenvalue weighted by Gasteiger charge is -2.25. The van der Waals surface area contributed by atoms with Crippen molar-refractivity contribution in [3.8, 4) is 0 Å². The van der Waals surface area contributed by atoms with Crippen molar-refractivity contribution in [1.29, 1.82) is 0 Å². The molecule has 0 saturated heterocycles. The minimum Gasteiger partial charge on any atom is -0.393 e. The van der Waals surface area contributed by atoms with E-state index in [0.29, 0.717) is 23.2 Å². The second-order valence-corrected chi connectivity index (χ2v) is 6.95. The van der Waals surface area contributed by atoms with Crippen LogP contribution in [0.2, 0.25) is 0 Å². The summed E-state index contributed by atoms with van der Waals surface area (Å²) in [5.41, 5.74) is 8.41. The molecule has 4 atom stereocenters. The normalized spacial score (nSPS) is 27.2. The van der Waals surface area contributed by atoms with E-state index in [1.807, 2.05) is 18.9 Å². The second-order valence-electron chi connectivity index (χ2n) is 6.42. The van der Waals surface area contributed by atoms with Crippen LogP contribution >= 0.6 is 12.2 Å². The Bertz CT molecular complexity index is 586. The first-order valence-corrected chi connectivity index (χ1v) is 8.04. The number of aryl methyl sites for hydroxylation is 1. The molecule has 1 aromatic carbocycles. The van der Waals surface area contributed by atoms with Crippen molar-refractivity contribution in [1.82, 2.24) is 4.90 Å². The van der Waals surface area contributed by atoms with Gasteiger partial charge in [0.05, 0.1) is 4.99 Å². The molecule has 0 radical (unpaired) electrons. The summed E-state index contributed by atoms with van der Waals surface area (Å²) in [7, 11) is 1.88. The van der Waals surface area contributed by atoms with Gasteiger partial charge in [-0.05, 0) is 42.7 Å². The van der Waals surface area contributed by atoms with Gasteiger partial charge >= 0.3 is 0 Å². The molecule has 1 aromatic rings. The fourth-order valence-corrected chi connectivity index (χ4v) is 4.02. The van der Waals surface area contributed by atoms with Crippen molar-refractivity contribution >= 4 is 23.1 Å². The Labute approximate surface area is 131 Å². The number of nitrogens with zero attached hydrogens (tertiary/aromatic N) is 1. The van der Waals surface area contributed by atoms with Crippen LogP contribution in [-0.4, -0.2) is 28.9 Å². The highest BCUT2D eigenvalue weighted by atomic mass is 32.1. The maximum atomic E-state index is 12.7. The zero-order valence-corrected chi connectivity index (χ0v) is 13.4. The molecule has 1 saturated carbocycles. The first-order valence-electron chi connectivity index (χ1n) is 7.63. The first-order chi connectivity index (χ1) is 10.0. The predicted octanol–water partition coefficient (Wildman–Crippen LogP) is 2.49. The van der Waals surface area contributed by atoms with Gasteiger partial charge in [-0.25, -0.2) is 0 Å². The highest BCUT2D eigenvalue weighted by Gasteiger charge is 2.57. The van der Waals surface area contributed by atoms with E-state index in [9.17, 15) is 4.79 Å². The van der Waals surface area contributed by atoms with E-state index in [1.165, 1.54) is 11.1 Å². The van der Waals surface area contributed by atoms with Crippen LogP contribution in [0.5, 0.6) is 0 Å². The Morgan fingerprint density at radius 3 is 2.90 bits per heavy atom. The van der Waals surface area contributed by atoms with Gasteiger partial charge in [-0.1, -0.05) is 36.5 Å². The fourth-order valence-electron chi connectivity index (χ4n) is 3.78. The Morgan fingerprint density at radius 1 is 1.48 bits per heavy atom. The largest absolute Gasteiger partial charge is 0.393 e. The van der Waals surface area contributed by atoms with Crippen LogP contribution in [0.3, 0.4) is 0 Å². The summed E-state index contributed by atoms with van der Waals surface area (Å²) < 4.78 is 0. The van der Waals surface area contributed by atoms with E-state index in [4.69, 9.17) is 18.0 Å². The maximum absolute atomic E-state index is 12.7. The molecule has 4 heteroatoms. The van der Waals surface area contributed by atoms with Crippen molar-refractivity contribution < 1.29 is 4.79 Å². The van der Waals surface area contributed by atoms with E-state index >= 15 is 0 Å². The molecule has 0 aromatic heterocycles. The molecule has 0 heterocycles. The van der Waals surface area contributed by atoms with E-state index in [-0.39, 0.29) is 17.9 Å². The average Bonchev–Trinajstić information content (AvgIpc) is 3.19. The van der Waals surface area contributed by atoms with Crippen LogP contribution < -0.4 is 5.73 Å². The van der Waals surface area contributed by atoms with Crippen LogP contribution in [0.15, 0.2) is 24.3 Å². The Balaban J connectivity index is 1.73. The average molecular weight is 302 g/mol. The number of fused-ring (bicyclic) bond motifs is 3. The summed E-state index contributed by atoms with van der Waals surface area (Å²) in [5, 5.41) is 0. The molecule has 1 amide bonds. The number of nitrogens with two attached hydrogens (primary N) is 1. The maximum Gasteiger partial charge on any atom is 0.226 e. The van der Waals surface area contributed by atoms with E-state index < -0.39 is 0 Å². The molecule has 2 aliphatic rings. The van der Waals surface area contributed by atoms with Crippen molar-refractivity contribution in [2.24, 2.45) is 17.6 Å². The number of hydrogen-bond donors (Lipinski definition) is 1. The molecular formula is C17H22N2OS. The highest BCUT2D eigenvalue weighted by Crippen LogP contribution is 2.60. The van der Waals surface area contributed by atoms with Crippen molar-refractivity contribution in [3.63, 3.8) is 0 Å². The predicted molar refractivity (Wildman–Crippen MR) is 88.1 cm³/mol. The molecule has 0 spiro atoms. The van der Waals surface area contributed by atoms with Crippen molar-refractivity contribution in [2.45, 2.75) is 38.1 Å². The number of rotatable bonds is 4. The van der Waals surface area contributed by atoms with E-state index in [0.717, 1.165) is 12.8 Å². The zero-order valence-electron chi connectivity index (χ0n) is 12.6. The SMILES string of the molecule is CC(CC(N)=S)N(C)C(=O)C1C2CCc3ccccc3C21. The molecule has 2 N–H and O–H groups in total. The lowest BCUT2D eigenvalue weighted by Crippen LogP contribution is -2.38. The molecule has 2 aliphatic carbocycles. The molecule has 0 aliphatic heterocycles. The van der Waals surface area contributed by atoms with Crippen LogP contribution in [0.4, 0.5) is 0 Å². The summed E-state index contributed by atoms with van der Waals surface area (Å²) >= 11 is 4.95. The van der Waals surface area contributed by atoms with Gasteiger partial charge in [-0.2, -0.15) is 0 Å². The van der Waals surface area contributed by atoms with Crippen molar-refractivity contribution in [3.05, 3.63) is 35.4 Å². The van der Waals surface area contributed by atoms with Gasteiger partial charge in [-0.15, -0.1) is 0 Å². The van der Waals surface area contributed by atoms with E-state index in [1.54, 1.807) is 0 Å². The molecule has 3 rings (SSSR count). The minimum atomic E-state index is 0.0768. The van der Waals surface area contributed by atoms with Gasteiger partial charge in [-0.3, -0.25) is 4.79 Å². The number of thiocarbonyl (C=S) groups is 1. The topological polar surface area (TPSA) is 46.3 Å². The Morgan fingerprint density at radius 2 is 2.19 bits per heavy atom. The monoisotopic (exact) mass is 302 g/mol. The number of carbonyl (C=O) groups is 1. The lowest BCUT2D eigenvalue weighted by molar-refractivity contribution is -0.133. The van der Waals surface area contributed by atoms with Crippen LogP contribution in [0, 0.1) is 11.8 Å².